The van der Waals surface area contributed by atoms with Crippen molar-refractivity contribution in [2.75, 3.05) is 6.54 Å². The average Bonchev–Trinajstić information content (AvgIpc) is 3.08. The van der Waals surface area contributed by atoms with Crippen LogP contribution in [0.3, 0.4) is 0 Å². The molecule has 0 spiro atoms. The zero-order valence-corrected chi connectivity index (χ0v) is 15.8. The number of nitrogens with zero attached hydrogens (tertiary/aromatic N) is 3. The number of nitrogens with one attached hydrogen (secondary N) is 1. The van der Waals surface area contributed by atoms with Gasteiger partial charge in [-0.3, -0.25) is 9.78 Å². The molecule has 5 nitrogen and oxygen atoms in total. The Morgan fingerprint density at radius 2 is 1.75 bits per heavy atom. The van der Waals surface area contributed by atoms with Gasteiger partial charge in [-0.05, 0) is 42.3 Å². The smallest absolute Gasteiger partial charge is 0.251 e. The molecule has 5 heteroatoms. The van der Waals surface area contributed by atoms with E-state index in [-0.39, 0.29) is 5.91 Å². The Morgan fingerprint density at radius 3 is 2.57 bits per heavy atom. The Bertz CT molecular complexity index is 1100. The molecule has 0 saturated heterocycles. The Kier molecular flexibility index (Phi) is 5.15. The van der Waals surface area contributed by atoms with Crippen LogP contribution in [0.5, 0.6) is 0 Å². The molecule has 4 aromatic rings. The fourth-order valence-corrected chi connectivity index (χ4v) is 3.34. The average molecular weight is 370 g/mol. The third kappa shape index (κ3) is 3.78. The molecule has 4 rings (SSSR count). The first kappa shape index (κ1) is 17.9. The summed E-state index contributed by atoms with van der Waals surface area (Å²) in [5, 5.41) is 2.97. The van der Waals surface area contributed by atoms with Gasteiger partial charge in [0.15, 0.2) is 0 Å². The number of hydrogen-bond donors (Lipinski definition) is 1. The minimum atomic E-state index is -0.0936. The van der Waals surface area contributed by atoms with E-state index in [0.29, 0.717) is 18.5 Å². The largest absolute Gasteiger partial charge is 0.352 e. The van der Waals surface area contributed by atoms with Crippen molar-refractivity contribution in [3.8, 4) is 0 Å². The lowest BCUT2D eigenvalue weighted by molar-refractivity contribution is 0.0954. The molecule has 0 aliphatic carbocycles. The highest BCUT2D eigenvalue weighted by Crippen LogP contribution is 2.19. The van der Waals surface area contributed by atoms with E-state index in [0.717, 1.165) is 23.4 Å². The Labute approximate surface area is 164 Å². The second kappa shape index (κ2) is 8.05. The van der Waals surface area contributed by atoms with Crippen molar-refractivity contribution in [1.29, 1.82) is 0 Å². The summed E-state index contributed by atoms with van der Waals surface area (Å²) in [6, 6.07) is 20.0. The zero-order valence-electron chi connectivity index (χ0n) is 15.8. The van der Waals surface area contributed by atoms with Crippen molar-refractivity contribution < 1.29 is 4.79 Å². The van der Waals surface area contributed by atoms with Crippen LogP contribution >= 0.6 is 0 Å². The van der Waals surface area contributed by atoms with E-state index in [1.807, 2.05) is 18.2 Å². The summed E-state index contributed by atoms with van der Waals surface area (Å²) in [6.45, 7) is 3.42. The molecule has 2 aromatic heterocycles. The summed E-state index contributed by atoms with van der Waals surface area (Å²) in [7, 11) is 0. The molecule has 0 unspecified atom stereocenters. The van der Waals surface area contributed by atoms with Gasteiger partial charge >= 0.3 is 0 Å². The van der Waals surface area contributed by atoms with Crippen LogP contribution in [-0.2, 0) is 13.0 Å². The fraction of sp³-hybridized carbons (Fsp3) is 0.174. The molecule has 0 aliphatic heterocycles. The highest BCUT2D eigenvalue weighted by molar-refractivity contribution is 5.93. The molecule has 28 heavy (non-hydrogen) atoms. The van der Waals surface area contributed by atoms with Gasteiger partial charge in [0, 0.05) is 37.5 Å². The minimum Gasteiger partial charge on any atom is -0.352 e. The van der Waals surface area contributed by atoms with Crippen molar-refractivity contribution in [1.82, 2.24) is 19.9 Å². The van der Waals surface area contributed by atoms with Crippen LogP contribution in [-0.4, -0.2) is 27.0 Å². The number of aromatic nitrogens is 3. The number of benzene rings is 2. The summed E-state index contributed by atoms with van der Waals surface area (Å²) in [4.78, 5) is 21.0. The molecule has 1 amide bonds. The second-order valence-electron chi connectivity index (χ2n) is 6.77. The summed E-state index contributed by atoms with van der Waals surface area (Å²) < 4.78 is 2.25. The van der Waals surface area contributed by atoms with Crippen LogP contribution in [0, 0.1) is 6.92 Å². The van der Waals surface area contributed by atoms with Gasteiger partial charge in [0.25, 0.3) is 5.91 Å². The van der Waals surface area contributed by atoms with E-state index < -0.39 is 0 Å². The van der Waals surface area contributed by atoms with E-state index in [4.69, 9.17) is 4.98 Å². The zero-order chi connectivity index (χ0) is 19.3. The first-order valence-electron chi connectivity index (χ1n) is 9.39. The maximum absolute atomic E-state index is 12.3. The number of hydrogen-bond acceptors (Lipinski definition) is 3. The maximum Gasteiger partial charge on any atom is 0.251 e. The molecule has 2 aromatic carbocycles. The summed E-state index contributed by atoms with van der Waals surface area (Å²) in [6.07, 6.45) is 3.91. The number of pyridine rings is 1. The lowest BCUT2D eigenvalue weighted by Gasteiger charge is -2.12. The Morgan fingerprint density at radius 1 is 1.00 bits per heavy atom. The van der Waals surface area contributed by atoms with Crippen LogP contribution in [0.25, 0.3) is 11.0 Å². The van der Waals surface area contributed by atoms with Crippen LogP contribution in [0.2, 0.25) is 0 Å². The molecule has 0 saturated carbocycles. The number of rotatable bonds is 6. The van der Waals surface area contributed by atoms with Crippen molar-refractivity contribution >= 4 is 16.9 Å². The topological polar surface area (TPSA) is 59.8 Å². The van der Waals surface area contributed by atoms with Gasteiger partial charge in [-0.2, -0.15) is 0 Å². The predicted molar refractivity (Wildman–Crippen MR) is 110 cm³/mol. The molecule has 1 N–H and O–H groups in total. The predicted octanol–water partition coefficient (Wildman–Crippen LogP) is 3.76. The maximum atomic E-state index is 12.3. The second-order valence-corrected chi connectivity index (χ2v) is 6.77. The van der Waals surface area contributed by atoms with E-state index >= 15 is 0 Å². The van der Waals surface area contributed by atoms with E-state index in [1.54, 1.807) is 24.5 Å². The minimum absolute atomic E-state index is 0.0936. The van der Waals surface area contributed by atoms with Crippen LogP contribution < -0.4 is 5.32 Å². The number of imidazole rings is 1. The fourth-order valence-electron chi connectivity index (χ4n) is 3.34. The molecule has 0 atom stereocenters. The number of fused-ring (bicyclic) bond motifs is 1. The molecule has 2 heterocycles. The molecule has 0 fully saturated rings. The highest BCUT2D eigenvalue weighted by atomic mass is 16.1. The molecule has 140 valence electrons. The van der Waals surface area contributed by atoms with Crippen LogP contribution in [0.4, 0.5) is 0 Å². The summed E-state index contributed by atoms with van der Waals surface area (Å²) in [5.41, 5.74) is 5.24. The summed E-state index contributed by atoms with van der Waals surface area (Å²) in [5.74, 6) is 0.878. The van der Waals surface area contributed by atoms with Crippen molar-refractivity contribution in [2.45, 2.75) is 19.9 Å². The Balaban J connectivity index is 1.55. The van der Waals surface area contributed by atoms with Crippen LogP contribution in [0.1, 0.15) is 27.3 Å². The van der Waals surface area contributed by atoms with Crippen LogP contribution in [0.15, 0.2) is 73.1 Å². The highest BCUT2D eigenvalue weighted by Gasteiger charge is 2.12. The van der Waals surface area contributed by atoms with Crippen molar-refractivity contribution in [3.63, 3.8) is 0 Å². The van der Waals surface area contributed by atoms with Gasteiger partial charge in [-0.25, -0.2) is 4.98 Å². The number of aryl methyl sites for hydroxylation is 1. The third-order valence-corrected chi connectivity index (χ3v) is 4.90. The van der Waals surface area contributed by atoms with Gasteiger partial charge in [0.2, 0.25) is 0 Å². The van der Waals surface area contributed by atoms with E-state index in [9.17, 15) is 4.79 Å². The number of para-hydroxylation sites is 2. The van der Waals surface area contributed by atoms with E-state index in [1.165, 1.54) is 11.1 Å². The molecule has 0 aliphatic rings. The lowest BCUT2D eigenvalue weighted by atomic mass is 10.1. The Hall–Kier alpha value is -3.47. The number of carbonyl (C=O) groups is 1. The third-order valence-electron chi connectivity index (χ3n) is 4.90. The standard InChI is InChI=1S/C23H22N4O/c1-17-6-2-3-7-19(17)16-27-21-9-5-4-8-20(21)26-22(27)12-15-25-23(28)18-10-13-24-14-11-18/h2-11,13-14H,12,15-16H2,1H3,(H,25,28). The number of amides is 1. The van der Waals surface area contributed by atoms with E-state index in [2.05, 4.69) is 52.1 Å². The first-order chi connectivity index (χ1) is 13.7. The van der Waals surface area contributed by atoms with Crippen molar-refractivity contribution in [3.05, 3.63) is 95.6 Å². The van der Waals surface area contributed by atoms with Crippen molar-refractivity contribution in [2.24, 2.45) is 0 Å². The molecular formula is C23H22N4O. The van der Waals surface area contributed by atoms with Gasteiger partial charge < -0.3 is 9.88 Å². The van der Waals surface area contributed by atoms with Gasteiger partial charge in [-0.1, -0.05) is 36.4 Å². The lowest BCUT2D eigenvalue weighted by Crippen LogP contribution is -2.26. The quantitative estimate of drug-likeness (QED) is 0.562. The molecular weight excluding hydrogens is 348 g/mol. The van der Waals surface area contributed by atoms with Gasteiger partial charge in [0.1, 0.15) is 5.82 Å². The summed E-state index contributed by atoms with van der Waals surface area (Å²) >= 11 is 0. The molecule has 0 radical (unpaired) electrons. The normalized spacial score (nSPS) is 10.9. The number of carbonyl (C=O) groups excluding carboxylic acids is 1. The molecule has 0 bridgehead atoms. The SMILES string of the molecule is Cc1ccccc1Cn1c(CCNC(=O)c2ccncc2)nc2ccccc21. The monoisotopic (exact) mass is 370 g/mol. The van der Waals surface area contributed by atoms with Gasteiger partial charge in [0.05, 0.1) is 11.0 Å². The first-order valence-corrected chi connectivity index (χ1v) is 9.39. The van der Waals surface area contributed by atoms with Gasteiger partial charge in [-0.15, -0.1) is 0 Å².